The number of rotatable bonds is 5. The van der Waals surface area contributed by atoms with Crippen LogP contribution in [0.1, 0.15) is 6.42 Å². The fraction of sp³-hybridized carbons (Fsp3) is 1.00. The van der Waals surface area contributed by atoms with E-state index in [0.29, 0.717) is 13.1 Å². The molecular formula is C10H23N3O2. The highest BCUT2D eigenvalue weighted by molar-refractivity contribution is 4.72. The zero-order chi connectivity index (χ0) is 11.1. The summed E-state index contributed by atoms with van der Waals surface area (Å²) in [5, 5.41) is 18.3. The van der Waals surface area contributed by atoms with Crippen LogP contribution >= 0.6 is 0 Å². The largest absolute Gasteiger partial charge is 0.395 e. The van der Waals surface area contributed by atoms with Crippen molar-refractivity contribution in [3.05, 3.63) is 0 Å². The molecule has 15 heavy (non-hydrogen) atoms. The SMILES string of the molecule is NCC(O)CN1CCCN(CCO)CC1. The maximum atomic E-state index is 9.45. The molecule has 90 valence electrons. The first kappa shape index (κ1) is 12.9. The smallest absolute Gasteiger partial charge is 0.0789 e. The Hall–Kier alpha value is -0.200. The maximum absolute atomic E-state index is 9.45. The number of nitrogens with two attached hydrogens (primary N) is 1. The molecule has 0 spiro atoms. The number of aliphatic hydroxyl groups is 2. The van der Waals surface area contributed by atoms with Crippen LogP contribution in [0.25, 0.3) is 0 Å². The first-order valence-corrected chi connectivity index (χ1v) is 5.70. The van der Waals surface area contributed by atoms with Crippen LogP contribution in [-0.4, -0.2) is 78.5 Å². The van der Waals surface area contributed by atoms with Crippen LogP contribution < -0.4 is 5.73 Å². The third-order valence-corrected chi connectivity index (χ3v) is 2.84. The molecule has 1 rings (SSSR count). The molecule has 0 aromatic heterocycles. The van der Waals surface area contributed by atoms with Gasteiger partial charge in [0.1, 0.15) is 0 Å². The molecule has 0 amide bonds. The van der Waals surface area contributed by atoms with Gasteiger partial charge in [0.15, 0.2) is 0 Å². The first-order valence-electron chi connectivity index (χ1n) is 5.70. The average Bonchev–Trinajstić information content (AvgIpc) is 2.45. The second-order valence-electron chi connectivity index (χ2n) is 4.11. The molecule has 0 saturated carbocycles. The monoisotopic (exact) mass is 217 g/mol. The number of β-amino-alcohol motifs (C(OH)–C–C–N with tert-alkyl or cyclic N) is 2. The molecular weight excluding hydrogens is 194 g/mol. The lowest BCUT2D eigenvalue weighted by Gasteiger charge is -2.23. The summed E-state index contributed by atoms with van der Waals surface area (Å²) < 4.78 is 0. The van der Waals surface area contributed by atoms with Crippen LogP contribution in [-0.2, 0) is 0 Å². The van der Waals surface area contributed by atoms with Crippen LogP contribution in [0.5, 0.6) is 0 Å². The van der Waals surface area contributed by atoms with E-state index in [1.54, 1.807) is 0 Å². The molecule has 1 unspecified atom stereocenters. The molecule has 1 atom stereocenters. The number of hydrogen-bond acceptors (Lipinski definition) is 5. The lowest BCUT2D eigenvalue weighted by atomic mass is 10.3. The molecule has 1 aliphatic heterocycles. The highest BCUT2D eigenvalue weighted by Crippen LogP contribution is 2.03. The van der Waals surface area contributed by atoms with Crippen LogP contribution in [0.3, 0.4) is 0 Å². The summed E-state index contributed by atoms with van der Waals surface area (Å²) in [5.74, 6) is 0. The number of nitrogens with zero attached hydrogens (tertiary/aromatic N) is 2. The van der Waals surface area contributed by atoms with Crippen molar-refractivity contribution in [2.24, 2.45) is 5.73 Å². The quantitative estimate of drug-likeness (QED) is 0.512. The van der Waals surface area contributed by atoms with Crippen molar-refractivity contribution in [1.82, 2.24) is 9.80 Å². The first-order chi connectivity index (χ1) is 7.26. The fourth-order valence-electron chi connectivity index (χ4n) is 1.94. The highest BCUT2D eigenvalue weighted by Gasteiger charge is 2.16. The molecule has 1 aliphatic rings. The zero-order valence-electron chi connectivity index (χ0n) is 9.31. The van der Waals surface area contributed by atoms with Crippen LogP contribution in [0, 0.1) is 0 Å². The minimum absolute atomic E-state index is 0.228. The molecule has 0 radical (unpaired) electrons. The van der Waals surface area contributed by atoms with E-state index in [-0.39, 0.29) is 6.61 Å². The van der Waals surface area contributed by atoms with E-state index in [4.69, 9.17) is 10.8 Å². The summed E-state index contributed by atoms with van der Waals surface area (Å²) in [4.78, 5) is 4.50. The Morgan fingerprint density at radius 3 is 2.47 bits per heavy atom. The van der Waals surface area contributed by atoms with Gasteiger partial charge in [-0.15, -0.1) is 0 Å². The van der Waals surface area contributed by atoms with Gasteiger partial charge in [0.05, 0.1) is 12.7 Å². The van der Waals surface area contributed by atoms with Crippen molar-refractivity contribution >= 4 is 0 Å². The molecule has 1 heterocycles. The van der Waals surface area contributed by atoms with E-state index in [9.17, 15) is 5.11 Å². The van der Waals surface area contributed by atoms with E-state index >= 15 is 0 Å². The molecule has 5 nitrogen and oxygen atoms in total. The third-order valence-electron chi connectivity index (χ3n) is 2.84. The van der Waals surface area contributed by atoms with E-state index in [1.165, 1.54) is 0 Å². The predicted octanol–water partition coefficient (Wildman–Crippen LogP) is -1.69. The van der Waals surface area contributed by atoms with Crippen molar-refractivity contribution < 1.29 is 10.2 Å². The van der Waals surface area contributed by atoms with E-state index in [2.05, 4.69) is 9.80 Å². The standard InChI is InChI=1S/C10H23N3O2/c11-8-10(15)9-13-3-1-2-12(4-5-13)6-7-14/h10,14-15H,1-9,11H2. The van der Waals surface area contributed by atoms with Gasteiger partial charge >= 0.3 is 0 Å². The Labute approximate surface area is 91.5 Å². The summed E-state index contributed by atoms with van der Waals surface area (Å²) in [6, 6.07) is 0. The van der Waals surface area contributed by atoms with Gasteiger partial charge < -0.3 is 15.9 Å². The third kappa shape index (κ3) is 4.90. The van der Waals surface area contributed by atoms with Gasteiger partial charge in [0, 0.05) is 32.7 Å². The minimum atomic E-state index is -0.408. The van der Waals surface area contributed by atoms with Gasteiger partial charge in [-0.3, -0.25) is 9.80 Å². The van der Waals surface area contributed by atoms with E-state index < -0.39 is 6.10 Å². The summed E-state index contributed by atoms with van der Waals surface area (Å²) in [7, 11) is 0. The number of aliphatic hydroxyl groups excluding tert-OH is 2. The molecule has 0 aliphatic carbocycles. The Kier molecular flexibility index (Phi) is 6.12. The molecule has 0 bridgehead atoms. The van der Waals surface area contributed by atoms with Crippen LogP contribution in [0.2, 0.25) is 0 Å². The molecule has 1 fully saturated rings. The van der Waals surface area contributed by atoms with Gasteiger partial charge in [-0.05, 0) is 19.5 Å². The minimum Gasteiger partial charge on any atom is -0.395 e. The highest BCUT2D eigenvalue weighted by atomic mass is 16.3. The van der Waals surface area contributed by atoms with Crippen molar-refractivity contribution in [2.75, 3.05) is 52.4 Å². The van der Waals surface area contributed by atoms with E-state index in [1.807, 2.05) is 0 Å². The molecule has 1 saturated heterocycles. The summed E-state index contributed by atoms with van der Waals surface area (Å²) in [6.45, 7) is 5.96. The predicted molar refractivity (Wildman–Crippen MR) is 59.6 cm³/mol. The van der Waals surface area contributed by atoms with Crippen molar-refractivity contribution in [3.8, 4) is 0 Å². The topological polar surface area (TPSA) is 73.0 Å². The molecule has 0 aromatic rings. The summed E-state index contributed by atoms with van der Waals surface area (Å²) in [6.07, 6.45) is 0.687. The summed E-state index contributed by atoms with van der Waals surface area (Å²) >= 11 is 0. The normalized spacial score (nSPS) is 22.6. The molecule has 5 heteroatoms. The second kappa shape index (κ2) is 7.14. The molecule has 4 N–H and O–H groups in total. The summed E-state index contributed by atoms with van der Waals surface area (Å²) in [5.41, 5.74) is 5.38. The van der Waals surface area contributed by atoms with Gasteiger partial charge in [0.25, 0.3) is 0 Å². The Morgan fingerprint density at radius 2 is 1.80 bits per heavy atom. The second-order valence-corrected chi connectivity index (χ2v) is 4.11. The number of hydrogen-bond donors (Lipinski definition) is 3. The van der Waals surface area contributed by atoms with Gasteiger partial charge in [-0.1, -0.05) is 0 Å². The van der Waals surface area contributed by atoms with Crippen molar-refractivity contribution in [1.29, 1.82) is 0 Å². The maximum Gasteiger partial charge on any atom is 0.0789 e. The van der Waals surface area contributed by atoms with Gasteiger partial charge in [-0.2, -0.15) is 0 Å². The lowest BCUT2D eigenvalue weighted by molar-refractivity contribution is 0.119. The van der Waals surface area contributed by atoms with Crippen LogP contribution in [0.15, 0.2) is 0 Å². The zero-order valence-corrected chi connectivity index (χ0v) is 9.31. The lowest BCUT2D eigenvalue weighted by Crippen LogP contribution is -2.39. The Morgan fingerprint density at radius 1 is 1.13 bits per heavy atom. The van der Waals surface area contributed by atoms with Gasteiger partial charge in [0.2, 0.25) is 0 Å². The van der Waals surface area contributed by atoms with Crippen molar-refractivity contribution in [2.45, 2.75) is 12.5 Å². The van der Waals surface area contributed by atoms with Crippen molar-refractivity contribution in [3.63, 3.8) is 0 Å². The van der Waals surface area contributed by atoms with Crippen LogP contribution in [0.4, 0.5) is 0 Å². The fourth-order valence-corrected chi connectivity index (χ4v) is 1.94. The molecule has 0 aromatic carbocycles. The Balaban J connectivity index is 2.26. The van der Waals surface area contributed by atoms with E-state index in [0.717, 1.165) is 39.1 Å². The Bertz CT molecular complexity index is 169. The van der Waals surface area contributed by atoms with Gasteiger partial charge in [-0.25, -0.2) is 0 Å². The average molecular weight is 217 g/mol.